The Bertz CT molecular complexity index is 486. The minimum absolute atomic E-state index is 0. The van der Waals surface area contributed by atoms with E-state index in [1.807, 2.05) is 0 Å². The molecule has 1 aliphatic rings. The third-order valence-electron chi connectivity index (χ3n) is 3.31. The molecular weight excluding hydrogens is 387 g/mol. The third kappa shape index (κ3) is 5.87. The molecule has 1 aromatic carbocycles. The van der Waals surface area contributed by atoms with Crippen LogP contribution in [0, 0.1) is 0 Å². The molecule has 2 N–H and O–H groups in total. The van der Waals surface area contributed by atoms with Crippen molar-refractivity contribution in [3.8, 4) is 0 Å². The number of guanidine groups is 1. The van der Waals surface area contributed by atoms with Crippen molar-refractivity contribution < 1.29 is 0 Å². The molecule has 4 nitrogen and oxygen atoms in total. The monoisotopic (exact) mass is 414 g/mol. The van der Waals surface area contributed by atoms with Crippen molar-refractivity contribution in [3.05, 3.63) is 42.0 Å². The standard InChI is InChI=1S/C17H26N4.HI/c1-4-18-17(20-14(2)3)19-13-15-7-9-16(10-8-15)21-11-5-6-12-21;/h5-10,14H,4,11-13H2,1-3H3,(H2,18,19,20);1H. The number of aliphatic imine (C=N–C) groups is 1. The van der Waals surface area contributed by atoms with Gasteiger partial charge in [0.1, 0.15) is 0 Å². The average molecular weight is 414 g/mol. The fraction of sp³-hybridized carbons (Fsp3) is 0.471. The molecule has 1 aliphatic heterocycles. The summed E-state index contributed by atoms with van der Waals surface area (Å²) >= 11 is 0. The number of anilines is 1. The van der Waals surface area contributed by atoms with Gasteiger partial charge in [0.25, 0.3) is 0 Å². The summed E-state index contributed by atoms with van der Waals surface area (Å²) in [6, 6.07) is 9.07. The molecule has 0 bridgehead atoms. The Hall–Kier alpha value is -1.24. The number of halogens is 1. The molecule has 2 rings (SSSR count). The van der Waals surface area contributed by atoms with Crippen molar-refractivity contribution in [3.63, 3.8) is 0 Å². The van der Waals surface area contributed by atoms with Crippen molar-refractivity contribution in [1.82, 2.24) is 10.6 Å². The van der Waals surface area contributed by atoms with Gasteiger partial charge in [-0.25, -0.2) is 4.99 Å². The van der Waals surface area contributed by atoms with Gasteiger partial charge < -0.3 is 15.5 Å². The van der Waals surface area contributed by atoms with Gasteiger partial charge in [-0.3, -0.25) is 0 Å². The van der Waals surface area contributed by atoms with Crippen LogP contribution in [0.4, 0.5) is 5.69 Å². The number of hydrogen-bond donors (Lipinski definition) is 2. The van der Waals surface area contributed by atoms with E-state index in [1.165, 1.54) is 11.3 Å². The van der Waals surface area contributed by atoms with E-state index in [-0.39, 0.29) is 24.0 Å². The summed E-state index contributed by atoms with van der Waals surface area (Å²) in [5.41, 5.74) is 2.51. The number of benzene rings is 1. The van der Waals surface area contributed by atoms with Crippen molar-refractivity contribution in [2.45, 2.75) is 33.4 Å². The molecule has 0 saturated heterocycles. The molecule has 0 unspecified atom stereocenters. The van der Waals surface area contributed by atoms with Gasteiger partial charge in [0.2, 0.25) is 0 Å². The Labute approximate surface area is 151 Å². The van der Waals surface area contributed by atoms with E-state index >= 15 is 0 Å². The van der Waals surface area contributed by atoms with Crippen molar-refractivity contribution >= 4 is 35.6 Å². The SMILES string of the molecule is CCNC(=NCc1ccc(N2CC=CC2)cc1)NC(C)C.I. The number of rotatable bonds is 5. The molecule has 0 saturated carbocycles. The first-order valence-electron chi connectivity index (χ1n) is 7.72. The minimum Gasteiger partial charge on any atom is -0.364 e. The lowest BCUT2D eigenvalue weighted by Gasteiger charge is -2.17. The van der Waals surface area contributed by atoms with E-state index in [9.17, 15) is 0 Å². The summed E-state index contributed by atoms with van der Waals surface area (Å²) in [6.45, 7) is 9.91. The zero-order valence-electron chi connectivity index (χ0n) is 13.7. The molecular formula is C17H27IN4. The Kier molecular flexibility index (Phi) is 8.30. The highest BCUT2D eigenvalue weighted by Gasteiger charge is 2.07. The first-order valence-corrected chi connectivity index (χ1v) is 7.72. The average Bonchev–Trinajstić information content (AvgIpc) is 2.99. The lowest BCUT2D eigenvalue weighted by molar-refractivity contribution is 0.700. The van der Waals surface area contributed by atoms with E-state index < -0.39 is 0 Å². The molecule has 1 heterocycles. The molecule has 0 amide bonds. The van der Waals surface area contributed by atoms with Crippen LogP contribution in [-0.4, -0.2) is 31.6 Å². The smallest absolute Gasteiger partial charge is 0.191 e. The number of nitrogens with zero attached hydrogens (tertiary/aromatic N) is 2. The molecule has 0 fully saturated rings. The van der Waals surface area contributed by atoms with Crippen LogP contribution in [0.5, 0.6) is 0 Å². The molecule has 122 valence electrons. The second-order valence-electron chi connectivity index (χ2n) is 5.54. The second-order valence-corrected chi connectivity index (χ2v) is 5.54. The maximum Gasteiger partial charge on any atom is 0.191 e. The summed E-state index contributed by atoms with van der Waals surface area (Å²) in [7, 11) is 0. The van der Waals surface area contributed by atoms with Crippen molar-refractivity contribution in [2.24, 2.45) is 4.99 Å². The largest absolute Gasteiger partial charge is 0.364 e. The van der Waals surface area contributed by atoms with Gasteiger partial charge >= 0.3 is 0 Å². The molecule has 0 aromatic heterocycles. The third-order valence-corrected chi connectivity index (χ3v) is 3.31. The molecule has 0 spiro atoms. The van der Waals surface area contributed by atoms with Crippen LogP contribution in [0.1, 0.15) is 26.3 Å². The second kappa shape index (κ2) is 9.71. The van der Waals surface area contributed by atoms with E-state index in [4.69, 9.17) is 0 Å². The highest BCUT2D eigenvalue weighted by molar-refractivity contribution is 14.0. The van der Waals surface area contributed by atoms with E-state index in [2.05, 4.69) is 77.7 Å². The zero-order chi connectivity index (χ0) is 15.1. The lowest BCUT2D eigenvalue weighted by Crippen LogP contribution is -2.40. The molecule has 0 atom stereocenters. The molecule has 0 radical (unpaired) electrons. The van der Waals surface area contributed by atoms with Gasteiger partial charge in [-0.15, -0.1) is 24.0 Å². The summed E-state index contributed by atoms with van der Waals surface area (Å²) in [6.07, 6.45) is 4.41. The maximum atomic E-state index is 4.62. The zero-order valence-corrected chi connectivity index (χ0v) is 16.0. The predicted molar refractivity (Wildman–Crippen MR) is 106 cm³/mol. The Morgan fingerprint density at radius 1 is 1.18 bits per heavy atom. The van der Waals surface area contributed by atoms with Crippen LogP contribution in [0.2, 0.25) is 0 Å². The lowest BCUT2D eigenvalue weighted by atomic mass is 10.2. The number of hydrogen-bond acceptors (Lipinski definition) is 2. The Morgan fingerprint density at radius 2 is 1.82 bits per heavy atom. The topological polar surface area (TPSA) is 39.7 Å². The van der Waals surface area contributed by atoms with Crippen LogP contribution < -0.4 is 15.5 Å². The quantitative estimate of drug-likeness (QED) is 0.337. The summed E-state index contributed by atoms with van der Waals surface area (Å²) in [5.74, 6) is 0.875. The van der Waals surface area contributed by atoms with Gasteiger partial charge in [-0.1, -0.05) is 24.3 Å². The van der Waals surface area contributed by atoms with Crippen molar-refractivity contribution in [2.75, 3.05) is 24.5 Å². The fourth-order valence-corrected chi connectivity index (χ4v) is 2.26. The summed E-state index contributed by atoms with van der Waals surface area (Å²) < 4.78 is 0. The molecule has 5 heteroatoms. The van der Waals surface area contributed by atoms with Crippen LogP contribution in [0.25, 0.3) is 0 Å². The van der Waals surface area contributed by atoms with E-state index in [1.54, 1.807) is 0 Å². The molecule has 0 aliphatic carbocycles. The highest BCUT2D eigenvalue weighted by Crippen LogP contribution is 2.17. The summed E-state index contributed by atoms with van der Waals surface area (Å²) in [5, 5.41) is 6.59. The predicted octanol–water partition coefficient (Wildman–Crippen LogP) is 3.14. The van der Waals surface area contributed by atoms with Crippen LogP contribution in [0.15, 0.2) is 41.4 Å². The molecule has 22 heavy (non-hydrogen) atoms. The van der Waals surface area contributed by atoms with Crippen molar-refractivity contribution in [1.29, 1.82) is 0 Å². The van der Waals surface area contributed by atoms with Crippen LogP contribution in [0.3, 0.4) is 0 Å². The summed E-state index contributed by atoms with van der Waals surface area (Å²) in [4.78, 5) is 6.96. The van der Waals surface area contributed by atoms with Gasteiger partial charge in [0.15, 0.2) is 5.96 Å². The van der Waals surface area contributed by atoms with Crippen LogP contribution in [-0.2, 0) is 6.54 Å². The van der Waals surface area contributed by atoms with E-state index in [0.29, 0.717) is 12.6 Å². The van der Waals surface area contributed by atoms with Gasteiger partial charge in [-0.2, -0.15) is 0 Å². The normalized spacial score (nSPS) is 14.2. The minimum atomic E-state index is 0. The van der Waals surface area contributed by atoms with E-state index in [0.717, 1.165) is 25.6 Å². The maximum absolute atomic E-state index is 4.62. The highest BCUT2D eigenvalue weighted by atomic mass is 127. The Balaban J connectivity index is 0.00000242. The van der Waals surface area contributed by atoms with Gasteiger partial charge in [0.05, 0.1) is 6.54 Å². The number of nitrogens with one attached hydrogen (secondary N) is 2. The Morgan fingerprint density at radius 3 is 2.36 bits per heavy atom. The van der Waals surface area contributed by atoms with Gasteiger partial charge in [0, 0.05) is 31.4 Å². The first kappa shape index (κ1) is 18.8. The first-order chi connectivity index (χ1) is 10.2. The van der Waals surface area contributed by atoms with Gasteiger partial charge in [-0.05, 0) is 38.5 Å². The fourth-order valence-electron chi connectivity index (χ4n) is 2.26. The van der Waals surface area contributed by atoms with Crippen LogP contribution >= 0.6 is 24.0 Å². The molecule has 1 aromatic rings.